The Labute approximate surface area is 104 Å². The highest BCUT2D eigenvalue weighted by Gasteiger charge is 2.21. The van der Waals surface area contributed by atoms with Crippen LogP contribution in [0.5, 0.6) is 0 Å². The molecular formula is C12H15FN2O3. The molecule has 1 aromatic rings. The first kappa shape index (κ1) is 12.8. The summed E-state index contributed by atoms with van der Waals surface area (Å²) in [6.07, 6.45) is 2.45. The van der Waals surface area contributed by atoms with Crippen LogP contribution in [0.2, 0.25) is 0 Å². The third kappa shape index (κ3) is 3.40. The van der Waals surface area contributed by atoms with Crippen molar-refractivity contribution in [2.45, 2.75) is 12.8 Å². The Balaban J connectivity index is 1.83. The van der Waals surface area contributed by atoms with Crippen LogP contribution in [0, 0.1) is 21.8 Å². The third-order valence-electron chi connectivity index (χ3n) is 2.78. The Kier molecular flexibility index (Phi) is 4.09. The van der Waals surface area contributed by atoms with Gasteiger partial charge in [0.05, 0.1) is 11.5 Å². The molecule has 0 bridgehead atoms. The summed E-state index contributed by atoms with van der Waals surface area (Å²) < 4.78 is 18.7. The summed E-state index contributed by atoms with van der Waals surface area (Å²) >= 11 is 0. The van der Waals surface area contributed by atoms with E-state index in [1.165, 1.54) is 25.0 Å². The Bertz CT molecular complexity index is 435. The Hall–Kier alpha value is -1.69. The van der Waals surface area contributed by atoms with Crippen molar-refractivity contribution in [2.24, 2.45) is 5.92 Å². The predicted octanol–water partition coefficient (Wildman–Crippen LogP) is 2.57. The van der Waals surface area contributed by atoms with E-state index in [-0.39, 0.29) is 5.69 Å². The molecule has 1 aromatic carbocycles. The van der Waals surface area contributed by atoms with Crippen LogP contribution in [0.3, 0.4) is 0 Å². The molecule has 6 heteroatoms. The second kappa shape index (κ2) is 5.77. The number of anilines is 1. The van der Waals surface area contributed by atoms with Crippen molar-refractivity contribution in [1.82, 2.24) is 0 Å². The topological polar surface area (TPSA) is 64.4 Å². The molecule has 1 saturated carbocycles. The summed E-state index contributed by atoms with van der Waals surface area (Å²) in [6, 6.07) is 4.00. The van der Waals surface area contributed by atoms with E-state index >= 15 is 0 Å². The van der Waals surface area contributed by atoms with E-state index in [0.717, 1.165) is 12.7 Å². The summed E-state index contributed by atoms with van der Waals surface area (Å²) in [4.78, 5) is 10.0. The minimum Gasteiger partial charge on any atom is -0.379 e. The maximum atomic E-state index is 13.3. The molecule has 0 heterocycles. The number of hydrogen-bond donors (Lipinski definition) is 1. The number of nitro groups is 1. The highest BCUT2D eigenvalue weighted by atomic mass is 19.1. The van der Waals surface area contributed by atoms with Gasteiger partial charge in [-0.25, -0.2) is 0 Å². The van der Waals surface area contributed by atoms with Gasteiger partial charge in [-0.2, -0.15) is 4.39 Å². The van der Waals surface area contributed by atoms with Gasteiger partial charge in [0, 0.05) is 13.2 Å². The third-order valence-corrected chi connectivity index (χ3v) is 2.78. The molecule has 0 unspecified atom stereocenters. The van der Waals surface area contributed by atoms with E-state index in [9.17, 15) is 14.5 Å². The zero-order chi connectivity index (χ0) is 13.0. The van der Waals surface area contributed by atoms with E-state index in [0.29, 0.717) is 19.1 Å². The lowest BCUT2D eigenvalue weighted by molar-refractivity contribution is -0.386. The number of para-hydroxylation sites is 1. The van der Waals surface area contributed by atoms with Gasteiger partial charge < -0.3 is 10.1 Å². The van der Waals surface area contributed by atoms with Crippen LogP contribution >= 0.6 is 0 Å². The lowest BCUT2D eigenvalue weighted by Gasteiger charge is -2.07. The Morgan fingerprint density at radius 1 is 1.50 bits per heavy atom. The molecule has 18 heavy (non-hydrogen) atoms. The molecule has 0 amide bonds. The van der Waals surface area contributed by atoms with Crippen molar-refractivity contribution in [3.05, 3.63) is 34.1 Å². The van der Waals surface area contributed by atoms with Crippen LogP contribution in [0.25, 0.3) is 0 Å². The Morgan fingerprint density at radius 3 is 2.94 bits per heavy atom. The number of rotatable bonds is 7. The second-order valence-electron chi connectivity index (χ2n) is 4.34. The van der Waals surface area contributed by atoms with Crippen molar-refractivity contribution in [3.63, 3.8) is 0 Å². The lowest BCUT2D eigenvalue weighted by atomic mass is 10.2. The smallest absolute Gasteiger partial charge is 0.327 e. The van der Waals surface area contributed by atoms with Crippen LogP contribution in [0.1, 0.15) is 12.8 Å². The second-order valence-corrected chi connectivity index (χ2v) is 4.34. The number of ether oxygens (including phenoxy) is 1. The molecule has 0 aromatic heterocycles. The number of hydrogen-bond acceptors (Lipinski definition) is 4. The molecule has 1 aliphatic rings. The first-order chi connectivity index (χ1) is 8.68. The maximum absolute atomic E-state index is 13.3. The zero-order valence-electron chi connectivity index (χ0n) is 9.89. The normalized spacial score (nSPS) is 14.5. The minimum absolute atomic E-state index is 0.190. The van der Waals surface area contributed by atoms with Crippen LogP contribution in [-0.4, -0.2) is 24.7 Å². The fourth-order valence-electron chi connectivity index (χ4n) is 1.64. The number of nitro benzene ring substituents is 1. The van der Waals surface area contributed by atoms with Gasteiger partial charge in [0.1, 0.15) is 5.69 Å². The fourth-order valence-corrected chi connectivity index (χ4v) is 1.64. The van der Waals surface area contributed by atoms with Gasteiger partial charge in [-0.3, -0.25) is 10.1 Å². The summed E-state index contributed by atoms with van der Waals surface area (Å²) in [6.45, 7) is 1.63. The molecular weight excluding hydrogens is 239 g/mol. The summed E-state index contributed by atoms with van der Waals surface area (Å²) in [5.74, 6) is -0.141. The monoisotopic (exact) mass is 254 g/mol. The van der Waals surface area contributed by atoms with Crippen LogP contribution < -0.4 is 5.32 Å². The molecule has 1 aliphatic carbocycles. The molecule has 98 valence electrons. The van der Waals surface area contributed by atoms with Crippen LogP contribution in [0.4, 0.5) is 15.8 Å². The average Bonchev–Trinajstić information content (AvgIpc) is 3.12. The molecule has 0 saturated heterocycles. The summed E-state index contributed by atoms with van der Waals surface area (Å²) in [7, 11) is 0. The highest BCUT2D eigenvalue weighted by Crippen LogP contribution is 2.29. The molecule has 1 N–H and O–H groups in total. The van der Waals surface area contributed by atoms with Gasteiger partial charge in [-0.05, 0) is 30.9 Å². The maximum Gasteiger partial charge on any atom is 0.327 e. The van der Waals surface area contributed by atoms with Gasteiger partial charge in [-0.15, -0.1) is 0 Å². The summed E-state index contributed by atoms with van der Waals surface area (Å²) in [5, 5.41) is 13.5. The molecule has 0 aliphatic heterocycles. The Morgan fingerprint density at radius 2 is 2.28 bits per heavy atom. The van der Waals surface area contributed by atoms with Crippen molar-refractivity contribution in [3.8, 4) is 0 Å². The van der Waals surface area contributed by atoms with Crippen molar-refractivity contribution in [2.75, 3.05) is 25.1 Å². The molecule has 0 spiro atoms. The fraction of sp³-hybridized carbons (Fsp3) is 0.500. The van der Waals surface area contributed by atoms with Crippen molar-refractivity contribution >= 4 is 11.4 Å². The van der Waals surface area contributed by atoms with Gasteiger partial charge in [0.2, 0.25) is 5.82 Å². The predicted molar refractivity (Wildman–Crippen MR) is 65.1 cm³/mol. The van der Waals surface area contributed by atoms with E-state index < -0.39 is 16.4 Å². The van der Waals surface area contributed by atoms with Crippen LogP contribution in [-0.2, 0) is 4.74 Å². The number of nitrogens with zero attached hydrogens (tertiary/aromatic N) is 1. The van der Waals surface area contributed by atoms with Crippen molar-refractivity contribution in [1.29, 1.82) is 0 Å². The summed E-state index contributed by atoms with van der Waals surface area (Å²) in [5.41, 5.74) is -0.324. The molecule has 5 nitrogen and oxygen atoms in total. The van der Waals surface area contributed by atoms with E-state index in [2.05, 4.69) is 5.32 Å². The number of nitrogens with one attached hydrogen (secondary N) is 1. The molecule has 0 atom stereocenters. The lowest BCUT2D eigenvalue weighted by Crippen LogP contribution is -2.12. The molecule has 1 fully saturated rings. The van der Waals surface area contributed by atoms with Gasteiger partial charge in [0.15, 0.2) is 0 Å². The average molecular weight is 254 g/mol. The SMILES string of the molecule is O=[N+]([O-])c1c(F)cccc1NCCOCC1CC1. The van der Waals surface area contributed by atoms with E-state index in [1.807, 2.05) is 0 Å². The van der Waals surface area contributed by atoms with Gasteiger partial charge in [0.25, 0.3) is 0 Å². The zero-order valence-corrected chi connectivity index (χ0v) is 9.89. The van der Waals surface area contributed by atoms with E-state index in [4.69, 9.17) is 4.74 Å². The molecule has 0 radical (unpaired) electrons. The van der Waals surface area contributed by atoms with Crippen molar-refractivity contribution < 1.29 is 14.1 Å². The quantitative estimate of drug-likeness (QED) is 0.461. The van der Waals surface area contributed by atoms with Crippen LogP contribution in [0.15, 0.2) is 18.2 Å². The standard InChI is InChI=1S/C12H15FN2O3/c13-10-2-1-3-11(12(10)15(16)17)14-6-7-18-8-9-4-5-9/h1-3,9,14H,4-8H2. The number of benzene rings is 1. The first-order valence-corrected chi connectivity index (χ1v) is 5.93. The molecule has 2 rings (SSSR count). The largest absolute Gasteiger partial charge is 0.379 e. The minimum atomic E-state index is -0.830. The highest BCUT2D eigenvalue weighted by molar-refractivity contribution is 5.61. The number of halogens is 1. The van der Waals surface area contributed by atoms with Gasteiger partial charge in [-0.1, -0.05) is 6.07 Å². The van der Waals surface area contributed by atoms with E-state index in [1.54, 1.807) is 0 Å². The van der Waals surface area contributed by atoms with Gasteiger partial charge >= 0.3 is 5.69 Å². The first-order valence-electron chi connectivity index (χ1n) is 5.93.